The van der Waals surface area contributed by atoms with Crippen LogP contribution < -0.4 is 11.1 Å². The fourth-order valence-electron chi connectivity index (χ4n) is 2.68. The molecule has 1 heterocycles. The fraction of sp³-hybridized carbons (Fsp3) is 0.562. The van der Waals surface area contributed by atoms with E-state index in [2.05, 4.69) is 5.32 Å². The number of carbonyl (C=O) groups excluding carboxylic acids is 1. The number of halogens is 4. The van der Waals surface area contributed by atoms with Crippen LogP contribution in [-0.4, -0.2) is 25.7 Å². The summed E-state index contributed by atoms with van der Waals surface area (Å²) in [6.45, 7) is 2.94. The van der Waals surface area contributed by atoms with Crippen LogP contribution in [0, 0.1) is 5.41 Å². The van der Waals surface area contributed by atoms with E-state index in [1.807, 2.05) is 0 Å². The minimum atomic E-state index is -4.36. The molecule has 24 heavy (non-hydrogen) atoms. The molecular weight excluding hydrogens is 345 g/mol. The number of nitrogens with two attached hydrogens (primary N) is 1. The number of nitrogens with one attached hydrogen (secondary N) is 1. The zero-order valence-corrected chi connectivity index (χ0v) is 14.2. The molecule has 1 saturated heterocycles. The van der Waals surface area contributed by atoms with Crippen molar-refractivity contribution in [3.63, 3.8) is 0 Å². The Morgan fingerprint density at radius 3 is 2.29 bits per heavy atom. The first-order valence-electron chi connectivity index (χ1n) is 7.54. The second kappa shape index (κ2) is 8.18. The molecule has 1 aliphatic rings. The van der Waals surface area contributed by atoms with Crippen molar-refractivity contribution >= 4 is 18.3 Å². The van der Waals surface area contributed by atoms with E-state index in [9.17, 15) is 18.0 Å². The zero-order valence-electron chi connectivity index (χ0n) is 13.4. The average molecular weight is 367 g/mol. The number of alkyl halides is 3. The van der Waals surface area contributed by atoms with E-state index in [1.165, 1.54) is 12.1 Å². The lowest BCUT2D eigenvalue weighted by Crippen LogP contribution is -2.49. The minimum Gasteiger partial charge on any atom is -0.381 e. The molecule has 0 aromatic heterocycles. The molecule has 3 N–H and O–H groups in total. The number of amides is 1. The first kappa shape index (κ1) is 20.7. The van der Waals surface area contributed by atoms with Gasteiger partial charge in [0.1, 0.15) is 0 Å². The molecule has 1 aromatic carbocycles. The Morgan fingerprint density at radius 2 is 1.83 bits per heavy atom. The van der Waals surface area contributed by atoms with Crippen LogP contribution in [0.3, 0.4) is 0 Å². The van der Waals surface area contributed by atoms with E-state index in [4.69, 9.17) is 10.5 Å². The number of carbonyl (C=O) groups is 1. The van der Waals surface area contributed by atoms with Gasteiger partial charge in [0, 0.05) is 19.8 Å². The molecule has 1 atom stereocenters. The molecule has 8 heteroatoms. The summed E-state index contributed by atoms with van der Waals surface area (Å²) in [7, 11) is 0. The Hall–Kier alpha value is -1.31. The van der Waals surface area contributed by atoms with Gasteiger partial charge in [0.05, 0.1) is 17.0 Å². The van der Waals surface area contributed by atoms with Gasteiger partial charge in [-0.15, -0.1) is 12.4 Å². The largest absolute Gasteiger partial charge is 0.416 e. The molecule has 0 spiro atoms. The Balaban J connectivity index is 0.00000288. The maximum absolute atomic E-state index is 12.6. The van der Waals surface area contributed by atoms with E-state index in [0.29, 0.717) is 31.6 Å². The Labute approximate surface area is 145 Å². The van der Waals surface area contributed by atoms with Crippen LogP contribution >= 0.6 is 12.4 Å². The van der Waals surface area contributed by atoms with E-state index in [1.54, 1.807) is 6.92 Å². The molecule has 0 aliphatic carbocycles. The smallest absolute Gasteiger partial charge is 0.381 e. The summed E-state index contributed by atoms with van der Waals surface area (Å²) in [4.78, 5) is 12.5. The predicted octanol–water partition coefficient (Wildman–Crippen LogP) is 3.06. The quantitative estimate of drug-likeness (QED) is 0.860. The van der Waals surface area contributed by atoms with Gasteiger partial charge in [-0.1, -0.05) is 12.1 Å². The van der Waals surface area contributed by atoms with Gasteiger partial charge in [-0.3, -0.25) is 4.79 Å². The van der Waals surface area contributed by atoms with Gasteiger partial charge in [-0.2, -0.15) is 13.2 Å². The van der Waals surface area contributed by atoms with Gasteiger partial charge >= 0.3 is 6.18 Å². The van der Waals surface area contributed by atoms with Crippen LogP contribution in [0.4, 0.5) is 13.2 Å². The van der Waals surface area contributed by atoms with Crippen LogP contribution in [0.2, 0.25) is 0 Å². The van der Waals surface area contributed by atoms with Crippen LogP contribution in [-0.2, 0) is 15.7 Å². The van der Waals surface area contributed by atoms with Crippen LogP contribution in [0.1, 0.15) is 36.9 Å². The van der Waals surface area contributed by atoms with E-state index < -0.39 is 23.2 Å². The summed E-state index contributed by atoms with van der Waals surface area (Å²) in [6.07, 6.45) is -3.26. The first-order valence-corrected chi connectivity index (χ1v) is 7.54. The number of ether oxygens (including phenoxy) is 1. The standard InChI is InChI=1S/C16H21F3N2O2.ClH/c1-11(12-2-4-13(5-3-12)16(17,18)19)21-14(22)15(10-20)6-8-23-9-7-15;/h2-5,11H,6-10,20H2,1H3,(H,21,22);1H. The Kier molecular flexibility index (Phi) is 7.07. The summed E-state index contributed by atoms with van der Waals surface area (Å²) in [5, 5.41) is 2.86. The summed E-state index contributed by atoms with van der Waals surface area (Å²) >= 11 is 0. The normalized spacial score (nSPS) is 18.4. The molecule has 1 fully saturated rings. The molecule has 1 unspecified atom stereocenters. The maximum Gasteiger partial charge on any atom is 0.416 e. The van der Waals surface area contributed by atoms with Gasteiger partial charge in [0.15, 0.2) is 0 Å². The molecule has 0 radical (unpaired) electrons. The molecule has 1 aromatic rings. The third-order valence-corrected chi connectivity index (χ3v) is 4.41. The Bertz CT molecular complexity index is 543. The molecule has 136 valence electrons. The molecule has 1 aliphatic heterocycles. The lowest BCUT2D eigenvalue weighted by Gasteiger charge is -2.35. The Morgan fingerprint density at radius 1 is 1.29 bits per heavy atom. The predicted molar refractivity (Wildman–Crippen MR) is 86.8 cm³/mol. The van der Waals surface area contributed by atoms with Crippen molar-refractivity contribution in [2.24, 2.45) is 11.1 Å². The summed E-state index contributed by atoms with van der Waals surface area (Å²) < 4.78 is 43.0. The van der Waals surface area contributed by atoms with E-state index in [0.717, 1.165) is 12.1 Å². The van der Waals surface area contributed by atoms with Crippen molar-refractivity contribution in [2.45, 2.75) is 32.0 Å². The van der Waals surface area contributed by atoms with Crippen LogP contribution in [0.15, 0.2) is 24.3 Å². The van der Waals surface area contributed by atoms with E-state index >= 15 is 0 Å². The van der Waals surface area contributed by atoms with Gasteiger partial charge in [-0.25, -0.2) is 0 Å². The summed E-state index contributed by atoms with van der Waals surface area (Å²) in [6, 6.07) is 4.41. The highest BCUT2D eigenvalue weighted by Crippen LogP contribution is 2.32. The number of hydrogen-bond donors (Lipinski definition) is 2. The second-order valence-electron chi connectivity index (χ2n) is 5.91. The topological polar surface area (TPSA) is 64.4 Å². The third kappa shape index (κ3) is 4.62. The molecule has 4 nitrogen and oxygen atoms in total. The molecule has 0 bridgehead atoms. The third-order valence-electron chi connectivity index (χ3n) is 4.41. The lowest BCUT2D eigenvalue weighted by atomic mass is 9.79. The van der Waals surface area contributed by atoms with Crippen molar-refractivity contribution in [1.29, 1.82) is 0 Å². The maximum atomic E-state index is 12.6. The highest BCUT2D eigenvalue weighted by atomic mass is 35.5. The van der Waals surface area contributed by atoms with Crippen LogP contribution in [0.25, 0.3) is 0 Å². The van der Waals surface area contributed by atoms with Gasteiger partial charge in [0.2, 0.25) is 5.91 Å². The van der Waals surface area contributed by atoms with E-state index in [-0.39, 0.29) is 24.9 Å². The first-order chi connectivity index (χ1) is 10.8. The molecule has 0 saturated carbocycles. The number of benzene rings is 1. The minimum absolute atomic E-state index is 0. The number of hydrogen-bond acceptors (Lipinski definition) is 3. The highest BCUT2D eigenvalue weighted by molar-refractivity contribution is 5.85. The van der Waals surface area contributed by atoms with Gasteiger partial charge < -0.3 is 15.8 Å². The van der Waals surface area contributed by atoms with Crippen molar-refractivity contribution in [3.05, 3.63) is 35.4 Å². The monoisotopic (exact) mass is 366 g/mol. The highest BCUT2D eigenvalue weighted by Gasteiger charge is 2.39. The molecule has 2 rings (SSSR count). The number of rotatable bonds is 4. The lowest BCUT2D eigenvalue weighted by molar-refractivity contribution is -0.138. The van der Waals surface area contributed by atoms with Crippen molar-refractivity contribution < 1.29 is 22.7 Å². The molecule has 1 amide bonds. The molecular formula is C16H22ClF3N2O2. The average Bonchev–Trinajstić information content (AvgIpc) is 2.54. The van der Waals surface area contributed by atoms with Crippen molar-refractivity contribution in [3.8, 4) is 0 Å². The zero-order chi connectivity index (χ0) is 17.1. The summed E-state index contributed by atoms with van der Waals surface area (Å²) in [5.41, 5.74) is 5.04. The van der Waals surface area contributed by atoms with Gasteiger partial charge in [-0.05, 0) is 37.5 Å². The summed E-state index contributed by atoms with van der Waals surface area (Å²) in [5.74, 6) is -0.171. The second-order valence-corrected chi connectivity index (χ2v) is 5.91. The SMILES string of the molecule is CC(NC(=O)C1(CN)CCOCC1)c1ccc(C(F)(F)F)cc1.Cl. The fourth-order valence-corrected chi connectivity index (χ4v) is 2.68. The van der Waals surface area contributed by atoms with Gasteiger partial charge in [0.25, 0.3) is 0 Å². The van der Waals surface area contributed by atoms with Crippen molar-refractivity contribution in [2.75, 3.05) is 19.8 Å². The van der Waals surface area contributed by atoms with Crippen molar-refractivity contribution in [1.82, 2.24) is 5.32 Å². The van der Waals surface area contributed by atoms with Crippen LogP contribution in [0.5, 0.6) is 0 Å².